The first kappa shape index (κ1) is 22.9. The maximum absolute atomic E-state index is 15.5. The summed E-state index contributed by atoms with van der Waals surface area (Å²) in [5.74, 6) is 1.43. The van der Waals surface area contributed by atoms with Crippen molar-refractivity contribution in [1.82, 2.24) is 29.4 Å². The second kappa shape index (κ2) is 9.41. The molecule has 0 spiro atoms. The van der Waals surface area contributed by atoms with Gasteiger partial charge in [0.25, 0.3) is 5.91 Å². The number of nitrogens with zero attached hydrogens (tertiary/aromatic N) is 8. The average molecular weight is 475 g/mol. The van der Waals surface area contributed by atoms with E-state index in [4.69, 9.17) is 5.26 Å². The Morgan fingerprint density at radius 1 is 1.20 bits per heavy atom. The van der Waals surface area contributed by atoms with E-state index in [-0.39, 0.29) is 24.2 Å². The molecule has 1 saturated carbocycles. The number of amides is 1. The van der Waals surface area contributed by atoms with Crippen molar-refractivity contribution in [2.75, 3.05) is 18.0 Å². The molecule has 0 N–H and O–H groups in total. The van der Waals surface area contributed by atoms with Crippen LogP contribution in [0.25, 0.3) is 5.82 Å². The molecular formula is C25H27FN8O. The highest BCUT2D eigenvalue weighted by atomic mass is 19.1. The first-order valence-electron chi connectivity index (χ1n) is 11.9. The van der Waals surface area contributed by atoms with Crippen molar-refractivity contribution in [3.8, 4) is 11.9 Å². The zero-order chi connectivity index (χ0) is 24.5. The second-order valence-corrected chi connectivity index (χ2v) is 9.07. The molecular weight excluding hydrogens is 447 g/mol. The van der Waals surface area contributed by atoms with E-state index >= 15 is 4.39 Å². The summed E-state index contributed by atoms with van der Waals surface area (Å²) in [6, 6.07) is 4.94. The fourth-order valence-corrected chi connectivity index (χ4v) is 4.56. The number of anilines is 1. The molecule has 9 nitrogen and oxygen atoms in total. The minimum absolute atomic E-state index is 0.0379. The largest absolute Gasteiger partial charge is 0.338 e. The van der Waals surface area contributed by atoms with E-state index in [9.17, 15) is 4.79 Å². The van der Waals surface area contributed by atoms with Gasteiger partial charge < -0.3 is 9.80 Å². The van der Waals surface area contributed by atoms with Crippen LogP contribution >= 0.6 is 0 Å². The molecule has 3 aromatic rings. The molecule has 10 heteroatoms. The molecule has 0 bridgehead atoms. The van der Waals surface area contributed by atoms with E-state index < -0.39 is 12.2 Å². The fraction of sp³-hybridized carbons (Fsp3) is 0.440. The zero-order valence-corrected chi connectivity index (χ0v) is 19.8. The average Bonchev–Trinajstić information content (AvgIpc) is 3.65. The molecule has 1 aliphatic carbocycles. The first-order valence-corrected chi connectivity index (χ1v) is 11.9. The van der Waals surface area contributed by atoms with Gasteiger partial charge in [-0.1, -0.05) is 6.92 Å². The van der Waals surface area contributed by atoms with E-state index in [1.165, 1.54) is 6.20 Å². The predicted molar refractivity (Wildman–Crippen MR) is 127 cm³/mol. The molecule has 1 saturated heterocycles. The fourth-order valence-electron chi connectivity index (χ4n) is 4.56. The first-order chi connectivity index (χ1) is 17.0. The van der Waals surface area contributed by atoms with E-state index in [1.54, 1.807) is 47.1 Å². The summed E-state index contributed by atoms with van der Waals surface area (Å²) < 4.78 is 17.2. The SMILES string of the molecule is CCc1cnc(N2CCC(N(C(=O)c3cn(-c4ccc(C#N)cn4)c(C)n3)C3CC3)C(F)C2)nc1. The Morgan fingerprint density at radius 3 is 2.57 bits per heavy atom. The van der Waals surface area contributed by atoms with E-state index in [1.807, 2.05) is 17.9 Å². The number of imidazole rings is 1. The van der Waals surface area contributed by atoms with Crippen LogP contribution in [0, 0.1) is 18.3 Å². The van der Waals surface area contributed by atoms with Crippen molar-refractivity contribution in [3.05, 3.63) is 59.6 Å². The standard InChI is InChI=1S/C25H27FN8O/c1-3-17-11-29-25(30-12-17)32-9-8-22(20(26)14-32)34(19-5-6-19)24(35)21-15-33(16(2)31-21)23-7-4-18(10-27)13-28-23/h4,7,11-13,15,19-20,22H,3,5-6,8-9,14H2,1-2H3. The van der Waals surface area contributed by atoms with Crippen LogP contribution in [0.3, 0.4) is 0 Å². The molecule has 1 amide bonds. The number of hydrogen-bond donors (Lipinski definition) is 0. The van der Waals surface area contributed by atoms with Gasteiger partial charge in [-0.15, -0.1) is 0 Å². The number of alkyl halides is 1. The smallest absolute Gasteiger partial charge is 0.274 e. The predicted octanol–water partition coefficient (Wildman–Crippen LogP) is 3.02. The lowest BCUT2D eigenvalue weighted by atomic mass is 10.0. The van der Waals surface area contributed by atoms with Gasteiger partial charge in [0.15, 0.2) is 0 Å². The van der Waals surface area contributed by atoms with Gasteiger partial charge in [0.2, 0.25) is 5.95 Å². The van der Waals surface area contributed by atoms with Crippen LogP contribution in [-0.2, 0) is 6.42 Å². The lowest BCUT2D eigenvalue weighted by molar-refractivity contribution is 0.0481. The van der Waals surface area contributed by atoms with Crippen LogP contribution in [0.2, 0.25) is 0 Å². The molecule has 0 radical (unpaired) electrons. The van der Waals surface area contributed by atoms with Crippen LogP contribution in [0.1, 0.15) is 53.6 Å². The minimum atomic E-state index is -1.22. The highest BCUT2D eigenvalue weighted by molar-refractivity contribution is 5.93. The number of nitriles is 1. The summed E-state index contributed by atoms with van der Waals surface area (Å²) in [5.41, 5.74) is 1.76. The Morgan fingerprint density at radius 2 is 1.97 bits per heavy atom. The van der Waals surface area contributed by atoms with E-state index in [2.05, 4.69) is 19.9 Å². The number of carbonyl (C=O) groups is 1. The summed E-state index contributed by atoms with van der Waals surface area (Å²) in [7, 11) is 0. The Labute approximate surface area is 203 Å². The molecule has 2 aliphatic rings. The third-order valence-corrected chi connectivity index (χ3v) is 6.65. The molecule has 2 fully saturated rings. The number of hydrogen-bond acceptors (Lipinski definition) is 7. The third kappa shape index (κ3) is 4.58. The Balaban J connectivity index is 1.34. The van der Waals surface area contributed by atoms with Crippen molar-refractivity contribution in [2.24, 2.45) is 0 Å². The van der Waals surface area contributed by atoms with Gasteiger partial charge in [-0.25, -0.2) is 24.3 Å². The number of pyridine rings is 1. The van der Waals surface area contributed by atoms with Gasteiger partial charge in [0.05, 0.1) is 18.2 Å². The van der Waals surface area contributed by atoms with Crippen LogP contribution in [0.4, 0.5) is 10.3 Å². The minimum Gasteiger partial charge on any atom is -0.338 e. The van der Waals surface area contributed by atoms with Crippen LogP contribution in [0.5, 0.6) is 0 Å². The molecule has 35 heavy (non-hydrogen) atoms. The lowest BCUT2D eigenvalue weighted by Crippen LogP contribution is -2.55. The number of piperidine rings is 1. The second-order valence-electron chi connectivity index (χ2n) is 9.07. The van der Waals surface area contributed by atoms with Crippen LogP contribution < -0.4 is 4.90 Å². The molecule has 5 rings (SSSR count). The highest BCUT2D eigenvalue weighted by Gasteiger charge is 2.44. The summed E-state index contributed by atoms with van der Waals surface area (Å²) in [6.07, 6.45) is 8.56. The molecule has 0 aromatic carbocycles. The van der Waals surface area contributed by atoms with Crippen molar-refractivity contribution in [3.63, 3.8) is 0 Å². The molecule has 4 heterocycles. The van der Waals surface area contributed by atoms with Crippen molar-refractivity contribution in [2.45, 2.75) is 57.8 Å². The Kier molecular flexibility index (Phi) is 6.16. The normalized spacial score (nSPS) is 19.9. The molecule has 2 atom stereocenters. The lowest BCUT2D eigenvalue weighted by Gasteiger charge is -2.40. The van der Waals surface area contributed by atoms with Crippen LogP contribution in [0.15, 0.2) is 36.9 Å². The summed E-state index contributed by atoms with van der Waals surface area (Å²) >= 11 is 0. The summed E-state index contributed by atoms with van der Waals surface area (Å²) in [6.45, 7) is 4.56. The number of carbonyl (C=O) groups excluding carboxylic acids is 1. The van der Waals surface area contributed by atoms with E-state index in [0.717, 1.165) is 24.8 Å². The monoisotopic (exact) mass is 474 g/mol. The van der Waals surface area contributed by atoms with Gasteiger partial charge in [0, 0.05) is 37.4 Å². The van der Waals surface area contributed by atoms with Crippen LogP contribution in [-0.4, -0.2) is 66.7 Å². The number of aryl methyl sites for hydroxylation is 2. The Hall–Kier alpha value is -3.87. The molecule has 3 aromatic heterocycles. The van der Waals surface area contributed by atoms with Gasteiger partial charge in [0.1, 0.15) is 29.6 Å². The molecule has 180 valence electrons. The third-order valence-electron chi connectivity index (χ3n) is 6.65. The summed E-state index contributed by atoms with van der Waals surface area (Å²) in [5, 5.41) is 9.00. The summed E-state index contributed by atoms with van der Waals surface area (Å²) in [4.78, 5) is 34.7. The Bertz CT molecular complexity index is 1250. The van der Waals surface area contributed by atoms with Crippen molar-refractivity contribution < 1.29 is 9.18 Å². The highest BCUT2D eigenvalue weighted by Crippen LogP contribution is 2.34. The van der Waals surface area contributed by atoms with Gasteiger partial charge >= 0.3 is 0 Å². The maximum Gasteiger partial charge on any atom is 0.274 e. The topological polar surface area (TPSA) is 104 Å². The van der Waals surface area contributed by atoms with Crippen molar-refractivity contribution in [1.29, 1.82) is 5.26 Å². The van der Waals surface area contributed by atoms with Gasteiger partial charge in [-0.3, -0.25) is 9.36 Å². The molecule has 1 aliphatic heterocycles. The zero-order valence-electron chi connectivity index (χ0n) is 19.8. The number of halogens is 1. The molecule has 2 unspecified atom stereocenters. The van der Waals surface area contributed by atoms with Gasteiger partial charge in [-0.05, 0) is 50.3 Å². The van der Waals surface area contributed by atoms with Gasteiger partial charge in [-0.2, -0.15) is 5.26 Å². The van der Waals surface area contributed by atoms with E-state index in [0.29, 0.717) is 36.1 Å². The number of rotatable bonds is 6. The maximum atomic E-state index is 15.5. The quantitative estimate of drug-likeness (QED) is 0.541. The number of aromatic nitrogens is 5. The van der Waals surface area contributed by atoms with Crippen molar-refractivity contribution >= 4 is 11.9 Å².